The molecule has 1 aromatic carbocycles. The van der Waals surface area contributed by atoms with Crippen LogP contribution in [0.2, 0.25) is 0 Å². The van der Waals surface area contributed by atoms with Crippen LogP contribution in [0.25, 0.3) is 0 Å². The molecule has 4 rings (SSSR count). The molecule has 8 nitrogen and oxygen atoms in total. The summed E-state index contributed by atoms with van der Waals surface area (Å²) < 4.78 is 26.8. The molecule has 0 radical (unpaired) electrons. The second-order valence-corrected chi connectivity index (χ2v) is 10.8. The summed E-state index contributed by atoms with van der Waals surface area (Å²) in [6.07, 6.45) is 4.63. The van der Waals surface area contributed by atoms with E-state index in [1.165, 1.54) is 4.31 Å². The first-order chi connectivity index (χ1) is 14.8. The molecule has 0 atom stereocenters. The molecule has 1 spiro atoms. The molecule has 3 fully saturated rings. The third kappa shape index (κ3) is 4.52. The highest BCUT2D eigenvalue weighted by atomic mass is 32.2. The Morgan fingerprint density at radius 3 is 2.23 bits per heavy atom. The maximum Gasteiger partial charge on any atom is 0.242 e. The predicted octanol–water partition coefficient (Wildman–Crippen LogP) is 1.37. The van der Waals surface area contributed by atoms with E-state index >= 15 is 0 Å². The van der Waals surface area contributed by atoms with Crippen LogP contribution >= 0.6 is 0 Å². The molecular formula is C22H29N3O5S. The molecule has 31 heavy (non-hydrogen) atoms. The Labute approximate surface area is 183 Å². The zero-order chi connectivity index (χ0) is 22.1. The smallest absolute Gasteiger partial charge is 0.242 e. The largest absolute Gasteiger partial charge is 0.338 e. The van der Waals surface area contributed by atoms with Crippen molar-refractivity contribution in [3.63, 3.8) is 0 Å². The Morgan fingerprint density at radius 1 is 0.935 bits per heavy atom. The van der Waals surface area contributed by atoms with E-state index in [4.69, 9.17) is 0 Å². The Balaban J connectivity index is 1.32. The van der Waals surface area contributed by atoms with Crippen molar-refractivity contribution in [2.45, 2.75) is 44.3 Å². The molecule has 3 amide bonds. The van der Waals surface area contributed by atoms with Crippen molar-refractivity contribution in [1.29, 1.82) is 0 Å². The molecule has 3 aliphatic rings. The summed E-state index contributed by atoms with van der Waals surface area (Å²) in [6.45, 7) is 0.706. The van der Waals surface area contributed by atoms with Crippen LogP contribution in [0.4, 0.5) is 0 Å². The van der Waals surface area contributed by atoms with Crippen molar-refractivity contribution in [2.24, 2.45) is 5.41 Å². The Morgan fingerprint density at radius 2 is 1.58 bits per heavy atom. The SMILES string of the molecule is O=C(CN1C(=O)CC2(CCCCC2)C1=O)N1CCN(S(=O)(=O)Cc2ccccc2)CC1. The number of benzene rings is 1. The maximum absolute atomic E-state index is 12.9. The Kier molecular flexibility index (Phi) is 6.16. The number of sulfonamides is 1. The minimum absolute atomic E-state index is 0.0688. The number of carbonyl (C=O) groups is 3. The fourth-order valence-electron chi connectivity index (χ4n) is 4.97. The van der Waals surface area contributed by atoms with Crippen LogP contribution in [0.15, 0.2) is 30.3 Å². The maximum atomic E-state index is 12.9. The van der Waals surface area contributed by atoms with Crippen molar-refractivity contribution in [2.75, 3.05) is 32.7 Å². The molecule has 1 aromatic rings. The van der Waals surface area contributed by atoms with E-state index in [0.717, 1.165) is 42.6 Å². The minimum Gasteiger partial charge on any atom is -0.338 e. The average molecular weight is 448 g/mol. The summed E-state index contributed by atoms with van der Waals surface area (Å²) in [5, 5.41) is 0. The lowest BCUT2D eigenvalue weighted by molar-refractivity contribution is -0.148. The second kappa shape index (κ2) is 8.70. The van der Waals surface area contributed by atoms with Gasteiger partial charge in [0, 0.05) is 32.6 Å². The number of hydrogen-bond acceptors (Lipinski definition) is 5. The summed E-state index contributed by atoms with van der Waals surface area (Å²) in [5.41, 5.74) is 0.128. The van der Waals surface area contributed by atoms with Gasteiger partial charge in [-0.2, -0.15) is 4.31 Å². The predicted molar refractivity (Wildman–Crippen MR) is 114 cm³/mol. The first kappa shape index (κ1) is 22.0. The Hall–Kier alpha value is -2.26. The highest BCUT2D eigenvalue weighted by molar-refractivity contribution is 7.88. The van der Waals surface area contributed by atoms with Crippen molar-refractivity contribution in [3.05, 3.63) is 35.9 Å². The molecule has 0 bridgehead atoms. The van der Waals surface area contributed by atoms with Crippen LogP contribution in [0, 0.1) is 5.41 Å². The average Bonchev–Trinajstić information content (AvgIpc) is 2.98. The first-order valence-electron chi connectivity index (χ1n) is 11.0. The van der Waals surface area contributed by atoms with Crippen LogP contribution in [-0.2, 0) is 30.2 Å². The van der Waals surface area contributed by atoms with Gasteiger partial charge in [0.25, 0.3) is 0 Å². The third-order valence-corrected chi connectivity index (χ3v) is 8.62. The van der Waals surface area contributed by atoms with E-state index in [9.17, 15) is 22.8 Å². The number of carbonyl (C=O) groups excluding carboxylic acids is 3. The number of nitrogens with zero attached hydrogens (tertiary/aromatic N) is 3. The van der Waals surface area contributed by atoms with Crippen LogP contribution in [0.1, 0.15) is 44.1 Å². The van der Waals surface area contributed by atoms with E-state index in [1.54, 1.807) is 29.2 Å². The van der Waals surface area contributed by atoms with E-state index in [2.05, 4.69) is 0 Å². The molecule has 2 heterocycles. The van der Waals surface area contributed by atoms with E-state index in [-0.39, 0.29) is 62.6 Å². The number of hydrogen-bond donors (Lipinski definition) is 0. The molecular weight excluding hydrogens is 418 g/mol. The fourth-order valence-corrected chi connectivity index (χ4v) is 6.48. The van der Waals surface area contributed by atoms with Gasteiger partial charge in [0.2, 0.25) is 27.7 Å². The molecule has 9 heteroatoms. The first-order valence-corrected chi connectivity index (χ1v) is 12.6. The van der Waals surface area contributed by atoms with E-state index in [0.29, 0.717) is 0 Å². The van der Waals surface area contributed by atoms with E-state index in [1.807, 2.05) is 6.07 Å². The minimum atomic E-state index is -3.47. The second-order valence-electron chi connectivity index (χ2n) is 8.82. The van der Waals surface area contributed by atoms with Crippen LogP contribution in [0.5, 0.6) is 0 Å². The number of imide groups is 1. The number of rotatable bonds is 5. The van der Waals surface area contributed by atoms with Gasteiger partial charge in [-0.15, -0.1) is 0 Å². The third-order valence-electron chi connectivity index (χ3n) is 6.77. The van der Waals surface area contributed by atoms with Crippen molar-refractivity contribution < 1.29 is 22.8 Å². The topological polar surface area (TPSA) is 95.1 Å². The van der Waals surface area contributed by atoms with Crippen LogP contribution < -0.4 is 0 Å². The van der Waals surface area contributed by atoms with E-state index < -0.39 is 15.4 Å². The van der Waals surface area contributed by atoms with Gasteiger partial charge in [-0.25, -0.2) is 8.42 Å². The van der Waals surface area contributed by atoms with Crippen molar-refractivity contribution in [3.8, 4) is 0 Å². The van der Waals surface area contributed by atoms with Crippen molar-refractivity contribution in [1.82, 2.24) is 14.1 Å². The zero-order valence-electron chi connectivity index (χ0n) is 17.7. The summed E-state index contributed by atoms with van der Waals surface area (Å²) >= 11 is 0. The highest BCUT2D eigenvalue weighted by Crippen LogP contribution is 2.45. The monoisotopic (exact) mass is 447 g/mol. The lowest BCUT2D eigenvalue weighted by Crippen LogP contribution is -2.53. The van der Waals surface area contributed by atoms with Gasteiger partial charge in [-0.05, 0) is 18.4 Å². The molecule has 2 saturated heterocycles. The van der Waals surface area contributed by atoms with Crippen LogP contribution in [0.3, 0.4) is 0 Å². The quantitative estimate of drug-likeness (QED) is 0.636. The molecule has 1 aliphatic carbocycles. The molecule has 168 valence electrons. The van der Waals surface area contributed by atoms with Gasteiger partial charge in [0.1, 0.15) is 6.54 Å². The van der Waals surface area contributed by atoms with Gasteiger partial charge in [-0.3, -0.25) is 19.3 Å². The Bertz CT molecular complexity index is 949. The summed E-state index contributed by atoms with van der Waals surface area (Å²) in [4.78, 5) is 40.9. The lowest BCUT2D eigenvalue weighted by Gasteiger charge is -2.35. The molecule has 0 N–H and O–H groups in total. The van der Waals surface area contributed by atoms with Gasteiger partial charge in [-0.1, -0.05) is 49.6 Å². The van der Waals surface area contributed by atoms with Gasteiger partial charge >= 0.3 is 0 Å². The highest BCUT2D eigenvalue weighted by Gasteiger charge is 2.52. The molecule has 0 unspecified atom stereocenters. The van der Waals surface area contributed by atoms with Gasteiger partial charge < -0.3 is 4.90 Å². The molecule has 0 aromatic heterocycles. The summed E-state index contributed by atoms with van der Waals surface area (Å²) in [7, 11) is -3.47. The zero-order valence-corrected chi connectivity index (χ0v) is 18.5. The molecule has 1 saturated carbocycles. The summed E-state index contributed by atoms with van der Waals surface area (Å²) in [5.74, 6) is -0.825. The number of piperazine rings is 1. The van der Waals surface area contributed by atoms with Crippen LogP contribution in [-0.4, -0.2) is 73.0 Å². The number of likely N-dealkylation sites (tertiary alicyclic amines) is 1. The summed E-state index contributed by atoms with van der Waals surface area (Å²) in [6, 6.07) is 9.01. The normalized spacial score (nSPS) is 22.3. The fraction of sp³-hybridized carbons (Fsp3) is 0.591. The lowest BCUT2D eigenvalue weighted by atomic mass is 9.73. The van der Waals surface area contributed by atoms with Gasteiger partial charge in [0.15, 0.2) is 0 Å². The standard InChI is InChI=1S/C22H29N3O5S/c26-19-15-22(9-5-2-6-10-22)21(28)25(19)16-20(27)23-11-13-24(14-12-23)31(29,30)17-18-7-3-1-4-8-18/h1,3-4,7-8H,2,5-6,9-17H2. The molecule has 2 aliphatic heterocycles. The van der Waals surface area contributed by atoms with Crippen molar-refractivity contribution >= 4 is 27.7 Å². The van der Waals surface area contributed by atoms with Gasteiger partial charge in [0.05, 0.1) is 11.2 Å². The number of amides is 3.